The fourth-order valence-corrected chi connectivity index (χ4v) is 2.64. The van der Waals surface area contributed by atoms with Crippen molar-refractivity contribution in [3.05, 3.63) is 48.8 Å². The van der Waals surface area contributed by atoms with Gasteiger partial charge >= 0.3 is 6.03 Å². The lowest BCUT2D eigenvalue weighted by atomic mass is 9.95. The molecule has 0 aromatic carbocycles. The Kier molecular flexibility index (Phi) is 5.49. The molecule has 1 aromatic rings. The zero-order valence-electron chi connectivity index (χ0n) is 12.5. The van der Waals surface area contributed by atoms with Gasteiger partial charge in [-0.3, -0.25) is 0 Å². The molecule has 0 N–H and O–H groups in total. The van der Waals surface area contributed by atoms with Crippen LogP contribution in [0.25, 0.3) is 0 Å². The maximum atomic E-state index is 12.5. The molecule has 0 bridgehead atoms. The van der Waals surface area contributed by atoms with Crippen LogP contribution in [0, 0.1) is 0 Å². The molecule has 1 aliphatic heterocycles. The summed E-state index contributed by atoms with van der Waals surface area (Å²) in [4.78, 5) is 15.5. The monoisotopic (exact) mass is 286 g/mol. The maximum absolute atomic E-state index is 12.5. The first kappa shape index (κ1) is 15.2. The lowest BCUT2D eigenvalue weighted by Gasteiger charge is -2.35. The number of hydrogen-bond acceptors (Lipinski definition) is 3. The van der Waals surface area contributed by atoms with Crippen molar-refractivity contribution < 1.29 is 4.79 Å². The second-order valence-electron chi connectivity index (χ2n) is 5.11. The summed E-state index contributed by atoms with van der Waals surface area (Å²) < 4.78 is 0. The number of piperidine rings is 1. The summed E-state index contributed by atoms with van der Waals surface area (Å²) in [6, 6.07) is 0.0748. The van der Waals surface area contributed by atoms with Crippen molar-refractivity contribution in [1.82, 2.24) is 19.9 Å². The Morgan fingerprint density at radius 2 is 2.14 bits per heavy atom. The second kappa shape index (κ2) is 7.57. The Hall–Kier alpha value is -2.17. The summed E-state index contributed by atoms with van der Waals surface area (Å²) in [7, 11) is 0. The molecule has 5 nitrogen and oxygen atoms in total. The van der Waals surface area contributed by atoms with E-state index in [4.69, 9.17) is 0 Å². The van der Waals surface area contributed by atoms with Gasteiger partial charge in [-0.2, -0.15) is 10.2 Å². The molecule has 1 amide bonds. The summed E-state index contributed by atoms with van der Waals surface area (Å²) in [5, 5.41) is 7.89. The van der Waals surface area contributed by atoms with Crippen LogP contribution < -0.4 is 0 Å². The van der Waals surface area contributed by atoms with E-state index in [2.05, 4.69) is 28.9 Å². The molecule has 1 unspecified atom stereocenters. The molecule has 1 saturated heterocycles. The minimum atomic E-state index is -0.132. The van der Waals surface area contributed by atoms with Gasteiger partial charge in [0.15, 0.2) is 0 Å². The Morgan fingerprint density at radius 1 is 1.38 bits per heavy atom. The Balaban J connectivity index is 2.10. The SMILES string of the molecule is C=C/C=C\C(=C/C)CC1CCCCN1C(=O)n1nccn1. The molecule has 0 saturated carbocycles. The predicted molar refractivity (Wildman–Crippen MR) is 82.9 cm³/mol. The standard InChI is InChI=1S/C16H22N4O/c1-3-5-8-14(4-2)13-15-9-6-7-12-19(15)16(21)20-17-10-11-18-20/h3-5,8,10-11,15H,1,6-7,9,12-13H2,2H3/b8-5-,14-4+. The van der Waals surface area contributed by atoms with E-state index in [1.165, 1.54) is 22.8 Å². The first-order chi connectivity index (χ1) is 10.3. The highest BCUT2D eigenvalue weighted by Gasteiger charge is 2.28. The molecule has 1 fully saturated rings. The van der Waals surface area contributed by atoms with Crippen LogP contribution in [0.4, 0.5) is 4.79 Å². The summed E-state index contributed by atoms with van der Waals surface area (Å²) in [6.07, 6.45) is 15.0. The molecule has 0 radical (unpaired) electrons. The maximum Gasteiger partial charge on any atom is 0.362 e. The summed E-state index contributed by atoms with van der Waals surface area (Å²) >= 11 is 0. The van der Waals surface area contributed by atoms with Gasteiger partial charge in [-0.05, 0) is 32.6 Å². The smallest absolute Gasteiger partial charge is 0.318 e. The number of carbonyl (C=O) groups is 1. The highest BCUT2D eigenvalue weighted by molar-refractivity contribution is 5.75. The van der Waals surface area contributed by atoms with Gasteiger partial charge in [-0.15, -0.1) is 0 Å². The molecule has 1 aliphatic rings. The average Bonchev–Trinajstić information content (AvgIpc) is 3.05. The molecule has 2 rings (SSSR count). The molecule has 5 heteroatoms. The molecule has 2 heterocycles. The largest absolute Gasteiger partial charge is 0.362 e. The van der Waals surface area contributed by atoms with Crippen LogP contribution >= 0.6 is 0 Å². The van der Waals surface area contributed by atoms with Gasteiger partial charge < -0.3 is 4.90 Å². The molecule has 112 valence electrons. The van der Waals surface area contributed by atoms with Gasteiger partial charge in [0.05, 0.1) is 12.4 Å². The lowest BCUT2D eigenvalue weighted by molar-refractivity contribution is 0.146. The third-order valence-electron chi connectivity index (χ3n) is 3.75. The van der Waals surface area contributed by atoms with Crippen molar-refractivity contribution in [3.63, 3.8) is 0 Å². The minimum Gasteiger partial charge on any atom is -0.318 e. The average molecular weight is 286 g/mol. The van der Waals surface area contributed by atoms with Crippen LogP contribution in [0.5, 0.6) is 0 Å². The van der Waals surface area contributed by atoms with E-state index in [9.17, 15) is 4.79 Å². The number of likely N-dealkylation sites (tertiary alicyclic amines) is 1. The normalized spacial score (nSPS) is 20.0. The van der Waals surface area contributed by atoms with Crippen LogP contribution in [-0.4, -0.2) is 38.5 Å². The Morgan fingerprint density at radius 3 is 2.81 bits per heavy atom. The van der Waals surface area contributed by atoms with E-state index in [1.54, 1.807) is 6.08 Å². The fourth-order valence-electron chi connectivity index (χ4n) is 2.64. The van der Waals surface area contributed by atoms with Crippen LogP contribution in [0.15, 0.2) is 48.8 Å². The minimum absolute atomic E-state index is 0.132. The number of allylic oxidation sites excluding steroid dienone is 4. The third-order valence-corrected chi connectivity index (χ3v) is 3.75. The van der Waals surface area contributed by atoms with Crippen LogP contribution in [-0.2, 0) is 0 Å². The van der Waals surface area contributed by atoms with Crippen molar-refractivity contribution in [2.75, 3.05) is 6.54 Å². The zero-order chi connectivity index (χ0) is 15.1. The molecule has 0 spiro atoms. The van der Waals surface area contributed by atoms with Crippen molar-refractivity contribution >= 4 is 6.03 Å². The third kappa shape index (κ3) is 3.90. The molecule has 1 aromatic heterocycles. The van der Waals surface area contributed by atoms with Gasteiger partial charge in [0.1, 0.15) is 0 Å². The molecular weight excluding hydrogens is 264 g/mol. The van der Waals surface area contributed by atoms with E-state index in [1.807, 2.05) is 17.9 Å². The van der Waals surface area contributed by atoms with E-state index >= 15 is 0 Å². The highest BCUT2D eigenvalue weighted by atomic mass is 16.2. The van der Waals surface area contributed by atoms with Crippen LogP contribution in [0.3, 0.4) is 0 Å². The van der Waals surface area contributed by atoms with E-state index in [0.29, 0.717) is 0 Å². The van der Waals surface area contributed by atoms with E-state index < -0.39 is 0 Å². The number of aromatic nitrogens is 3. The first-order valence-corrected chi connectivity index (χ1v) is 7.38. The van der Waals surface area contributed by atoms with Gasteiger partial charge in [0.25, 0.3) is 0 Å². The predicted octanol–water partition coefficient (Wildman–Crippen LogP) is 3.18. The lowest BCUT2D eigenvalue weighted by Crippen LogP contribution is -2.46. The number of amides is 1. The number of rotatable bonds is 4. The van der Waals surface area contributed by atoms with E-state index in [-0.39, 0.29) is 12.1 Å². The summed E-state index contributed by atoms with van der Waals surface area (Å²) in [5.41, 5.74) is 1.22. The van der Waals surface area contributed by atoms with Gasteiger partial charge in [0.2, 0.25) is 0 Å². The van der Waals surface area contributed by atoms with Crippen LogP contribution in [0.1, 0.15) is 32.6 Å². The Bertz CT molecular complexity index is 530. The first-order valence-electron chi connectivity index (χ1n) is 7.38. The number of nitrogens with zero attached hydrogens (tertiary/aromatic N) is 4. The molecule has 0 aliphatic carbocycles. The second-order valence-corrected chi connectivity index (χ2v) is 5.11. The van der Waals surface area contributed by atoms with E-state index in [0.717, 1.165) is 32.2 Å². The fraction of sp³-hybridized carbons (Fsp3) is 0.438. The Labute approximate surface area is 125 Å². The zero-order valence-corrected chi connectivity index (χ0v) is 12.5. The van der Waals surface area contributed by atoms with Crippen molar-refractivity contribution in [3.8, 4) is 0 Å². The van der Waals surface area contributed by atoms with Gasteiger partial charge in [-0.1, -0.05) is 41.3 Å². The number of hydrogen-bond donors (Lipinski definition) is 0. The number of carbonyl (C=O) groups excluding carboxylic acids is 1. The summed E-state index contributed by atoms with van der Waals surface area (Å²) in [6.45, 7) is 6.48. The molecular formula is C16H22N4O. The van der Waals surface area contributed by atoms with Crippen molar-refractivity contribution in [2.24, 2.45) is 0 Å². The van der Waals surface area contributed by atoms with Gasteiger partial charge in [0, 0.05) is 12.6 Å². The van der Waals surface area contributed by atoms with Crippen LogP contribution in [0.2, 0.25) is 0 Å². The topological polar surface area (TPSA) is 51.0 Å². The van der Waals surface area contributed by atoms with Crippen molar-refractivity contribution in [1.29, 1.82) is 0 Å². The van der Waals surface area contributed by atoms with Crippen molar-refractivity contribution in [2.45, 2.75) is 38.6 Å². The van der Waals surface area contributed by atoms with Gasteiger partial charge in [-0.25, -0.2) is 4.79 Å². The summed E-state index contributed by atoms with van der Waals surface area (Å²) in [5.74, 6) is 0. The molecule has 1 atom stereocenters. The molecule has 21 heavy (non-hydrogen) atoms. The highest BCUT2D eigenvalue weighted by Crippen LogP contribution is 2.24. The quantitative estimate of drug-likeness (QED) is 0.799.